The number of benzene rings is 1. The molecule has 4 aliphatic rings. The number of hydrogen-bond acceptors (Lipinski definition) is 6. The van der Waals surface area contributed by atoms with Gasteiger partial charge in [0.05, 0.1) is 6.61 Å². The number of rotatable bonds is 7. The van der Waals surface area contributed by atoms with Gasteiger partial charge in [0.1, 0.15) is 5.01 Å². The molecule has 1 aromatic heterocycles. The lowest BCUT2D eigenvalue weighted by molar-refractivity contribution is -0.118. The monoisotopic (exact) mass is 413 g/mol. The van der Waals surface area contributed by atoms with Crippen LogP contribution in [0.5, 0.6) is 11.5 Å². The van der Waals surface area contributed by atoms with Crippen LogP contribution in [0, 0.1) is 17.8 Å². The number of amides is 1. The molecule has 7 heteroatoms. The first-order chi connectivity index (χ1) is 14.1. The Labute approximate surface area is 175 Å². The fourth-order valence-electron chi connectivity index (χ4n) is 6.00. The Morgan fingerprint density at radius 3 is 2.31 bits per heavy atom. The first-order valence-corrected chi connectivity index (χ1v) is 11.4. The number of para-hydroxylation sites is 2. The maximum Gasteiger partial charge on any atom is 0.264 e. The third-order valence-electron chi connectivity index (χ3n) is 6.67. The summed E-state index contributed by atoms with van der Waals surface area (Å²) in [7, 11) is 0. The summed E-state index contributed by atoms with van der Waals surface area (Å²) >= 11 is 1.55. The Bertz CT molecular complexity index is 862. The Morgan fingerprint density at radius 1 is 1.07 bits per heavy atom. The van der Waals surface area contributed by atoms with Gasteiger partial charge in [-0.2, -0.15) is 0 Å². The van der Waals surface area contributed by atoms with Gasteiger partial charge < -0.3 is 9.47 Å². The number of carbonyl (C=O) groups is 1. The molecular formula is C22H27N3O3S. The molecule has 0 unspecified atom stereocenters. The van der Waals surface area contributed by atoms with Crippen LogP contribution in [-0.4, -0.2) is 29.3 Å². The number of aromatic nitrogens is 2. The van der Waals surface area contributed by atoms with Crippen molar-refractivity contribution in [3.8, 4) is 11.5 Å². The zero-order chi connectivity index (χ0) is 19.8. The van der Waals surface area contributed by atoms with Crippen LogP contribution >= 0.6 is 11.3 Å². The molecule has 4 bridgehead atoms. The maximum atomic E-state index is 12.4. The van der Waals surface area contributed by atoms with E-state index in [0.717, 1.165) is 22.8 Å². The second kappa shape index (κ2) is 7.59. The fourth-order valence-corrected chi connectivity index (χ4v) is 6.98. The van der Waals surface area contributed by atoms with Gasteiger partial charge in [-0.3, -0.25) is 10.1 Å². The van der Waals surface area contributed by atoms with Crippen molar-refractivity contribution < 1.29 is 14.3 Å². The highest BCUT2D eigenvalue weighted by atomic mass is 32.1. The lowest BCUT2D eigenvalue weighted by Gasteiger charge is -2.55. The second-order valence-corrected chi connectivity index (χ2v) is 9.80. The molecule has 0 radical (unpaired) electrons. The summed E-state index contributed by atoms with van der Waals surface area (Å²) in [6.45, 7) is 2.38. The normalized spacial score (nSPS) is 29.6. The Morgan fingerprint density at radius 2 is 1.69 bits per heavy atom. The van der Waals surface area contributed by atoms with Crippen molar-refractivity contribution >= 4 is 22.4 Å². The van der Waals surface area contributed by atoms with Crippen LogP contribution in [0.1, 0.15) is 50.5 Å². The van der Waals surface area contributed by atoms with E-state index >= 15 is 0 Å². The van der Waals surface area contributed by atoms with Gasteiger partial charge in [0.25, 0.3) is 5.91 Å². The first-order valence-electron chi connectivity index (χ1n) is 10.6. The van der Waals surface area contributed by atoms with E-state index < -0.39 is 0 Å². The van der Waals surface area contributed by atoms with Crippen molar-refractivity contribution in [2.75, 3.05) is 18.5 Å². The summed E-state index contributed by atoms with van der Waals surface area (Å²) in [6, 6.07) is 7.37. The summed E-state index contributed by atoms with van der Waals surface area (Å²) in [5.41, 5.74) is 0.211. The Balaban J connectivity index is 1.21. The van der Waals surface area contributed by atoms with E-state index in [9.17, 15) is 4.79 Å². The number of nitrogens with one attached hydrogen (secondary N) is 1. The Kier molecular flexibility index (Phi) is 4.94. The van der Waals surface area contributed by atoms with Crippen LogP contribution in [-0.2, 0) is 10.2 Å². The highest BCUT2D eigenvalue weighted by molar-refractivity contribution is 7.15. The third kappa shape index (κ3) is 3.72. The predicted octanol–water partition coefficient (Wildman–Crippen LogP) is 4.42. The van der Waals surface area contributed by atoms with Crippen LogP contribution in [0.2, 0.25) is 0 Å². The quantitative estimate of drug-likeness (QED) is 0.727. The fraction of sp³-hybridized carbons (Fsp3) is 0.591. The largest absolute Gasteiger partial charge is 0.490 e. The van der Waals surface area contributed by atoms with E-state index in [2.05, 4.69) is 15.5 Å². The molecule has 4 saturated carbocycles. The summed E-state index contributed by atoms with van der Waals surface area (Å²) in [6.07, 6.45) is 7.96. The summed E-state index contributed by atoms with van der Waals surface area (Å²) < 4.78 is 11.2. The van der Waals surface area contributed by atoms with E-state index in [4.69, 9.17) is 9.47 Å². The highest BCUT2D eigenvalue weighted by Crippen LogP contribution is 2.61. The van der Waals surface area contributed by atoms with Crippen LogP contribution in [0.15, 0.2) is 24.3 Å². The van der Waals surface area contributed by atoms with Gasteiger partial charge in [-0.25, -0.2) is 0 Å². The van der Waals surface area contributed by atoms with Gasteiger partial charge in [-0.1, -0.05) is 23.5 Å². The van der Waals surface area contributed by atoms with Crippen molar-refractivity contribution in [1.82, 2.24) is 10.2 Å². The molecule has 154 valence electrons. The summed E-state index contributed by atoms with van der Waals surface area (Å²) in [5.74, 6) is 3.56. The molecule has 4 aliphatic carbocycles. The molecule has 1 heterocycles. The van der Waals surface area contributed by atoms with Gasteiger partial charge >= 0.3 is 0 Å². The van der Waals surface area contributed by atoms with E-state index in [0.29, 0.717) is 23.2 Å². The van der Waals surface area contributed by atoms with E-state index in [1.807, 2.05) is 25.1 Å². The van der Waals surface area contributed by atoms with E-state index in [1.54, 1.807) is 17.4 Å². The standard InChI is InChI=1S/C22H27N3O3S/c1-2-27-17-5-3-4-6-18(17)28-13-19(26)23-21-25-24-20(29-21)22-10-14-7-15(11-22)9-16(8-14)12-22/h3-6,14-16H,2,7-13H2,1H3,(H,23,25,26). The van der Waals surface area contributed by atoms with Gasteiger partial charge in [-0.05, 0) is 75.3 Å². The molecule has 0 spiro atoms. The number of anilines is 1. The molecule has 2 aromatic rings. The molecule has 4 fully saturated rings. The average molecular weight is 414 g/mol. The van der Waals surface area contributed by atoms with Crippen LogP contribution < -0.4 is 14.8 Å². The second-order valence-electron chi connectivity index (χ2n) is 8.83. The van der Waals surface area contributed by atoms with Gasteiger partial charge in [0.15, 0.2) is 18.1 Å². The topological polar surface area (TPSA) is 73.3 Å². The van der Waals surface area contributed by atoms with Crippen LogP contribution in [0.3, 0.4) is 0 Å². The molecule has 0 atom stereocenters. The molecule has 1 amide bonds. The minimum atomic E-state index is -0.232. The van der Waals surface area contributed by atoms with Gasteiger partial charge in [0, 0.05) is 5.41 Å². The molecular weight excluding hydrogens is 386 g/mol. The zero-order valence-corrected chi connectivity index (χ0v) is 17.5. The van der Waals surface area contributed by atoms with Crippen molar-refractivity contribution in [2.24, 2.45) is 17.8 Å². The number of ether oxygens (including phenoxy) is 2. The van der Waals surface area contributed by atoms with Crippen LogP contribution in [0.25, 0.3) is 0 Å². The van der Waals surface area contributed by atoms with E-state index in [1.165, 1.54) is 38.5 Å². The highest BCUT2D eigenvalue weighted by Gasteiger charge is 2.53. The average Bonchev–Trinajstić information content (AvgIpc) is 3.16. The van der Waals surface area contributed by atoms with Crippen molar-refractivity contribution in [2.45, 2.75) is 50.9 Å². The molecule has 6 nitrogen and oxygen atoms in total. The van der Waals surface area contributed by atoms with Gasteiger partial charge in [0.2, 0.25) is 5.13 Å². The number of carbonyl (C=O) groups excluding carboxylic acids is 1. The third-order valence-corrected chi connectivity index (χ3v) is 7.76. The molecule has 1 aromatic carbocycles. The number of nitrogens with zero attached hydrogens (tertiary/aromatic N) is 2. The molecule has 1 N–H and O–H groups in total. The smallest absolute Gasteiger partial charge is 0.264 e. The van der Waals surface area contributed by atoms with E-state index in [-0.39, 0.29) is 17.9 Å². The minimum Gasteiger partial charge on any atom is -0.490 e. The summed E-state index contributed by atoms with van der Waals surface area (Å²) in [5, 5.41) is 13.3. The van der Waals surface area contributed by atoms with Crippen LogP contribution in [0.4, 0.5) is 5.13 Å². The zero-order valence-electron chi connectivity index (χ0n) is 16.7. The molecule has 0 saturated heterocycles. The molecule has 0 aliphatic heterocycles. The van der Waals surface area contributed by atoms with Crippen molar-refractivity contribution in [1.29, 1.82) is 0 Å². The minimum absolute atomic E-state index is 0.0869. The van der Waals surface area contributed by atoms with Crippen molar-refractivity contribution in [3.05, 3.63) is 29.3 Å². The molecule has 29 heavy (non-hydrogen) atoms. The molecule has 6 rings (SSSR count). The first kappa shape index (κ1) is 18.9. The predicted molar refractivity (Wildman–Crippen MR) is 111 cm³/mol. The Hall–Kier alpha value is -2.15. The number of hydrogen-bond donors (Lipinski definition) is 1. The van der Waals surface area contributed by atoms with Crippen molar-refractivity contribution in [3.63, 3.8) is 0 Å². The van der Waals surface area contributed by atoms with Gasteiger partial charge in [-0.15, -0.1) is 10.2 Å². The maximum absolute atomic E-state index is 12.4. The lowest BCUT2D eigenvalue weighted by atomic mass is 9.50. The summed E-state index contributed by atoms with van der Waals surface area (Å²) in [4.78, 5) is 12.4. The SMILES string of the molecule is CCOc1ccccc1OCC(=O)Nc1nnc(C23CC4CC(CC(C4)C2)C3)s1. The lowest BCUT2D eigenvalue weighted by Crippen LogP contribution is -2.48.